The molecule has 3 aromatic carbocycles. The fraction of sp³-hybridized carbons (Fsp3) is 0.591. The van der Waals surface area contributed by atoms with E-state index in [9.17, 15) is 33.6 Å². The third kappa shape index (κ3) is 19.6. The Balaban J connectivity index is 1.16. The Labute approximate surface area is 502 Å². The van der Waals surface area contributed by atoms with Gasteiger partial charge < -0.3 is 60.3 Å². The second-order valence-corrected chi connectivity index (χ2v) is 25.3. The lowest BCUT2D eigenvalue weighted by Crippen LogP contribution is -2.49. The van der Waals surface area contributed by atoms with Crippen LogP contribution in [0.3, 0.4) is 0 Å². The summed E-state index contributed by atoms with van der Waals surface area (Å²) in [6.45, 7) is 28.6. The van der Waals surface area contributed by atoms with Crippen LogP contribution in [-0.2, 0) is 38.1 Å². The van der Waals surface area contributed by atoms with Crippen molar-refractivity contribution >= 4 is 58.7 Å². The highest BCUT2D eigenvalue weighted by atomic mass is 16.6. The van der Waals surface area contributed by atoms with E-state index in [1.54, 1.807) is 49.6 Å². The van der Waals surface area contributed by atoms with Crippen molar-refractivity contribution in [3.05, 3.63) is 94.6 Å². The minimum atomic E-state index is -0.658. The summed E-state index contributed by atoms with van der Waals surface area (Å²) in [7, 11) is 1.60. The molecule has 0 unspecified atom stereocenters. The summed E-state index contributed by atoms with van der Waals surface area (Å²) in [6.07, 6.45) is 4.13. The topological polar surface area (TPSA) is 247 Å². The van der Waals surface area contributed by atoms with Gasteiger partial charge >= 0.3 is 12.1 Å². The van der Waals surface area contributed by atoms with Crippen molar-refractivity contribution in [3.63, 3.8) is 0 Å². The zero-order chi connectivity index (χ0) is 62.3. The molecule has 12 atom stereocenters. The van der Waals surface area contributed by atoms with Crippen LogP contribution in [0.2, 0.25) is 0 Å². The first-order chi connectivity index (χ1) is 40.2. The number of ether oxygens (including phenoxy) is 6. The van der Waals surface area contributed by atoms with Crippen LogP contribution in [0.15, 0.2) is 61.2 Å². The second kappa shape index (κ2) is 31.0. The molecular formula is C66H94N6O13. The Morgan fingerprint density at radius 1 is 0.529 bits per heavy atom. The van der Waals surface area contributed by atoms with Crippen LogP contribution in [0.5, 0.6) is 5.75 Å². The van der Waals surface area contributed by atoms with Gasteiger partial charge in [0.05, 0.1) is 49.8 Å². The number of hydrogen-bond acceptors (Lipinski definition) is 13. The first-order valence-corrected chi connectivity index (χ1v) is 30.2. The molecule has 0 aromatic heterocycles. The predicted octanol–water partition coefficient (Wildman–Crippen LogP) is 10.4. The summed E-state index contributed by atoms with van der Waals surface area (Å²) >= 11 is 0. The van der Waals surface area contributed by atoms with Gasteiger partial charge in [-0.1, -0.05) is 54.2 Å². The van der Waals surface area contributed by atoms with E-state index in [2.05, 4.69) is 59.3 Å². The Hall–Kier alpha value is -6.83. The predicted molar refractivity (Wildman–Crippen MR) is 328 cm³/mol. The zero-order valence-electron chi connectivity index (χ0n) is 52.3. The van der Waals surface area contributed by atoms with Gasteiger partial charge in [-0.3, -0.25) is 24.0 Å². The number of nitrogens with one attached hydrogen (secondary N) is 6. The first-order valence-electron chi connectivity index (χ1n) is 30.2. The maximum Gasteiger partial charge on any atom is 0.407 e. The summed E-state index contributed by atoms with van der Waals surface area (Å²) in [6, 6.07) is 12.8. The number of alkyl carbamates (subject to hydrolysis) is 1. The van der Waals surface area contributed by atoms with Gasteiger partial charge in [-0.15, -0.1) is 0 Å². The molecule has 85 heavy (non-hydrogen) atoms. The monoisotopic (exact) mass is 1180 g/mol. The van der Waals surface area contributed by atoms with Gasteiger partial charge in [-0.05, 0) is 181 Å². The third-order valence-corrected chi connectivity index (χ3v) is 16.8. The van der Waals surface area contributed by atoms with Gasteiger partial charge in [0, 0.05) is 59.9 Å². The molecule has 3 aromatic rings. The van der Waals surface area contributed by atoms with E-state index in [1.807, 2.05) is 68.4 Å². The van der Waals surface area contributed by atoms with Crippen molar-refractivity contribution in [3.8, 4) is 5.75 Å². The van der Waals surface area contributed by atoms with Crippen molar-refractivity contribution in [1.29, 1.82) is 0 Å². The van der Waals surface area contributed by atoms with Crippen molar-refractivity contribution < 1.29 is 62.0 Å². The van der Waals surface area contributed by atoms with Crippen LogP contribution in [0.25, 0.3) is 0 Å². The highest BCUT2D eigenvalue weighted by Gasteiger charge is 2.41. The Morgan fingerprint density at radius 2 is 0.976 bits per heavy atom. The fourth-order valence-electron chi connectivity index (χ4n) is 12.3. The summed E-state index contributed by atoms with van der Waals surface area (Å²) in [5.41, 5.74) is 3.70. The second-order valence-electron chi connectivity index (χ2n) is 25.3. The summed E-state index contributed by atoms with van der Waals surface area (Å²) in [4.78, 5) is 97.1. The van der Waals surface area contributed by atoms with E-state index < -0.39 is 41.4 Å². The number of amides is 6. The standard InChI is InChI=1S/C66H94N6O13/c1-15-16-84-64(78)47-24-38(3)26-49(33-47)68-60(74)50-34-55(44(9)29-40(50)5)70-63(77)53-27-39(4)28-57(58(53)83-22-21-82-20-19-81-18-17-80-14)71-62(76)52-35-54(43(8)30-42(52)7)69-59(73)46-23-37(2)25-48(32-46)67-61(75)51-36-56(45(10)31-41(51)6)72-65(79)85-66(11,12)13/h15,23-28,32-33,40-45,50-52,54-56H,1,16-22,29-31,34-36H2,2-14H3,(H,67,75)(H,68,74)(H,69,73)(H,70,77)(H,71,76)(H,72,79)/t40-,41-,42-,43+,44+,45+,50+,51+,52+,54+,55+,56+/m1/s1. The largest absolute Gasteiger partial charge is 0.488 e. The minimum absolute atomic E-state index is 0.00348. The van der Waals surface area contributed by atoms with E-state index in [-0.39, 0.29) is 108 Å². The number of carbonyl (C=O) groups is 7. The van der Waals surface area contributed by atoms with Crippen LogP contribution in [0, 0.1) is 74.0 Å². The van der Waals surface area contributed by atoms with Gasteiger partial charge in [-0.25, -0.2) is 9.59 Å². The van der Waals surface area contributed by atoms with Gasteiger partial charge in [0.2, 0.25) is 17.7 Å². The number of anilines is 3. The molecule has 0 saturated heterocycles. The van der Waals surface area contributed by atoms with Crippen molar-refractivity contribution in [2.24, 2.45) is 53.3 Å². The quantitative estimate of drug-likeness (QED) is 0.0278. The zero-order valence-corrected chi connectivity index (χ0v) is 52.3. The molecule has 0 bridgehead atoms. The normalized spacial score (nSPS) is 24.9. The maximum absolute atomic E-state index is 14.7. The molecule has 0 aliphatic heterocycles. The van der Waals surface area contributed by atoms with Crippen LogP contribution in [-0.4, -0.2) is 119 Å². The number of benzene rings is 3. The molecule has 6 N–H and O–H groups in total. The van der Waals surface area contributed by atoms with E-state index in [0.717, 1.165) is 17.5 Å². The first kappa shape index (κ1) is 67.3. The lowest BCUT2D eigenvalue weighted by Gasteiger charge is -2.39. The summed E-state index contributed by atoms with van der Waals surface area (Å²) in [5.74, 6) is -3.12. The SMILES string of the molecule is C=CCOC(=O)c1cc(C)cc(NC(=O)[C@H]2C[C@H](NC(=O)c3cc(C)cc(NC(=O)[C@H]4C[C@H](NC(=O)c5cc(C)cc(NC(=O)[C@H]6C[C@H](NC(=O)OC(C)(C)C)[C@@H](C)C[C@H]6C)c5)[C@@H](C)C[C@H]4C)c3OCCOCCOCCOC)[C@@H](C)C[C@H]2C)c1. The number of rotatable bonds is 24. The Kier molecular flexibility index (Phi) is 24.5. The molecule has 6 rings (SSSR count). The van der Waals surface area contributed by atoms with Gasteiger partial charge in [-0.2, -0.15) is 0 Å². The number of hydrogen-bond donors (Lipinski definition) is 6. The van der Waals surface area contributed by atoms with E-state index in [4.69, 9.17) is 28.4 Å². The molecule has 19 nitrogen and oxygen atoms in total. The fourth-order valence-corrected chi connectivity index (χ4v) is 12.3. The van der Waals surface area contributed by atoms with E-state index >= 15 is 0 Å². The van der Waals surface area contributed by atoms with Crippen LogP contribution in [0.4, 0.5) is 21.9 Å². The third-order valence-electron chi connectivity index (χ3n) is 16.8. The highest BCUT2D eigenvalue weighted by Crippen LogP contribution is 2.40. The van der Waals surface area contributed by atoms with E-state index in [1.165, 1.54) is 6.08 Å². The molecule has 19 heteroatoms. The molecule has 0 heterocycles. The summed E-state index contributed by atoms with van der Waals surface area (Å²) < 4.78 is 33.6. The van der Waals surface area contributed by atoms with Gasteiger partial charge in [0.25, 0.3) is 11.8 Å². The molecule has 3 aliphatic carbocycles. The average Bonchev–Trinajstić information content (AvgIpc) is 3.59. The molecule has 0 radical (unpaired) electrons. The van der Waals surface area contributed by atoms with Gasteiger partial charge in [0.15, 0.2) is 5.75 Å². The van der Waals surface area contributed by atoms with E-state index in [0.29, 0.717) is 92.3 Å². The molecule has 466 valence electrons. The summed E-state index contributed by atoms with van der Waals surface area (Å²) in [5, 5.41) is 18.7. The Morgan fingerprint density at radius 3 is 1.48 bits per heavy atom. The van der Waals surface area contributed by atoms with Crippen LogP contribution >= 0.6 is 0 Å². The van der Waals surface area contributed by atoms with Crippen molar-refractivity contribution in [2.45, 2.75) is 145 Å². The molecule has 3 fully saturated rings. The highest BCUT2D eigenvalue weighted by molar-refractivity contribution is 6.03. The molecule has 3 aliphatic rings. The van der Waals surface area contributed by atoms with Crippen LogP contribution < -0.4 is 36.6 Å². The maximum atomic E-state index is 14.7. The molecule has 6 amide bonds. The lowest BCUT2D eigenvalue weighted by atomic mass is 9.72. The lowest BCUT2D eigenvalue weighted by molar-refractivity contribution is -0.123. The molecular weight excluding hydrogens is 1080 g/mol. The minimum Gasteiger partial charge on any atom is -0.488 e. The number of aryl methyl sites for hydroxylation is 3. The average molecular weight is 1180 g/mol. The van der Waals surface area contributed by atoms with Gasteiger partial charge in [0.1, 0.15) is 18.8 Å². The number of methoxy groups -OCH3 is 1. The Bertz CT molecular complexity index is 2850. The van der Waals surface area contributed by atoms with Crippen molar-refractivity contribution in [2.75, 3.05) is 69.3 Å². The number of esters is 1. The molecule has 3 saturated carbocycles. The van der Waals surface area contributed by atoms with Crippen molar-refractivity contribution in [1.82, 2.24) is 16.0 Å². The number of carbonyl (C=O) groups excluding carboxylic acids is 7. The van der Waals surface area contributed by atoms with Crippen LogP contribution in [0.1, 0.15) is 149 Å². The molecule has 0 spiro atoms. The smallest absolute Gasteiger partial charge is 0.407 e.